The van der Waals surface area contributed by atoms with Crippen LogP contribution in [0.15, 0.2) is 23.0 Å². The van der Waals surface area contributed by atoms with Gasteiger partial charge in [0.15, 0.2) is 5.43 Å². The first-order chi connectivity index (χ1) is 8.04. The largest absolute Gasteiger partial charge is 0.464 e. The topological polar surface area (TPSA) is 59.2 Å². The van der Waals surface area contributed by atoms with Crippen LogP contribution in [0.5, 0.6) is 0 Å². The van der Waals surface area contributed by atoms with Gasteiger partial charge in [0.1, 0.15) is 11.5 Å². The minimum atomic E-state index is -0.664. The van der Waals surface area contributed by atoms with Gasteiger partial charge in [0.05, 0.1) is 18.0 Å². The predicted octanol–water partition coefficient (Wildman–Crippen LogP) is 2.06. The summed E-state index contributed by atoms with van der Waals surface area (Å²) in [5, 5.41) is -0.0513. The Kier molecular flexibility index (Phi) is 3.14. The summed E-state index contributed by atoms with van der Waals surface area (Å²) in [5.41, 5.74) is -0.267. The smallest absolute Gasteiger partial charge is 0.354 e. The highest BCUT2D eigenvalue weighted by Gasteiger charge is 2.13. The maximum Gasteiger partial charge on any atom is 0.354 e. The summed E-state index contributed by atoms with van der Waals surface area (Å²) < 4.78 is 18.6. The van der Waals surface area contributed by atoms with Gasteiger partial charge in [0.25, 0.3) is 0 Å². The van der Waals surface area contributed by atoms with Gasteiger partial charge in [-0.25, -0.2) is 9.18 Å². The number of aromatic amines is 1. The molecule has 1 N–H and O–H groups in total. The lowest BCUT2D eigenvalue weighted by molar-refractivity contribution is 0.0594. The van der Waals surface area contributed by atoms with Crippen LogP contribution in [0.25, 0.3) is 10.9 Å². The van der Waals surface area contributed by atoms with Gasteiger partial charge in [-0.3, -0.25) is 4.79 Å². The molecule has 0 bridgehead atoms. The maximum atomic E-state index is 13.7. The molecule has 0 aliphatic heterocycles. The molecular weight excluding hydrogens is 340 g/mol. The fourth-order valence-electron chi connectivity index (χ4n) is 1.50. The number of pyridine rings is 1. The lowest BCUT2D eigenvalue weighted by atomic mass is 10.2. The summed E-state index contributed by atoms with van der Waals surface area (Å²) in [6, 6.07) is 4.11. The van der Waals surface area contributed by atoms with E-state index in [1.807, 2.05) is 0 Å². The first kappa shape index (κ1) is 12.0. The molecule has 6 heteroatoms. The number of hydrogen-bond donors (Lipinski definition) is 1. The molecule has 0 aliphatic rings. The number of rotatable bonds is 1. The summed E-state index contributed by atoms with van der Waals surface area (Å²) in [5.74, 6) is -1.25. The number of carbonyl (C=O) groups excluding carboxylic acids is 1. The first-order valence-corrected chi connectivity index (χ1v) is 5.72. The number of methoxy groups -OCH3 is 1. The second-order valence-corrected chi connectivity index (χ2v) is 4.48. The molecule has 1 heterocycles. The summed E-state index contributed by atoms with van der Waals surface area (Å²) in [6.07, 6.45) is 0. The number of fused-ring (bicyclic) bond motifs is 1. The van der Waals surface area contributed by atoms with Crippen molar-refractivity contribution in [3.05, 3.63) is 43.5 Å². The highest BCUT2D eigenvalue weighted by molar-refractivity contribution is 14.1. The monoisotopic (exact) mass is 347 g/mol. The van der Waals surface area contributed by atoms with E-state index in [2.05, 4.69) is 9.72 Å². The Bertz CT molecular complexity index is 666. The number of hydrogen-bond acceptors (Lipinski definition) is 3. The number of carbonyl (C=O) groups is 1. The predicted molar refractivity (Wildman–Crippen MR) is 68.6 cm³/mol. The molecule has 0 spiro atoms. The van der Waals surface area contributed by atoms with E-state index in [9.17, 15) is 14.0 Å². The van der Waals surface area contributed by atoms with E-state index in [1.165, 1.54) is 13.2 Å². The molecule has 0 radical (unpaired) electrons. The number of esters is 1. The van der Waals surface area contributed by atoms with Crippen LogP contribution >= 0.6 is 22.6 Å². The highest BCUT2D eigenvalue weighted by atomic mass is 127. The number of benzene rings is 1. The van der Waals surface area contributed by atoms with Crippen molar-refractivity contribution in [2.24, 2.45) is 0 Å². The minimum absolute atomic E-state index is 0.00519. The molecule has 0 atom stereocenters. The number of nitrogens with one attached hydrogen (secondary N) is 1. The molecule has 17 heavy (non-hydrogen) atoms. The van der Waals surface area contributed by atoms with Crippen molar-refractivity contribution in [2.45, 2.75) is 0 Å². The molecule has 0 amide bonds. The fourth-order valence-corrected chi connectivity index (χ4v) is 1.95. The highest BCUT2D eigenvalue weighted by Crippen LogP contribution is 2.18. The van der Waals surface area contributed by atoms with Crippen molar-refractivity contribution in [1.29, 1.82) is 0 Å². The molecule has 0 aliphatic carbocycles. The van der Waals surface area contributed by atoms with E-state index in [0.29, 0.717) is 3.57 Å². The zero-order valence-corrected chi connectivity index (χ0v) is 10.9. The second kappa shape index (κ2) is 4.44. The van der Waals surface area contributed by atoms with Crippen molar-refractivity contribution in [1.82, 2.24) is 4.98 Å². The van der Waals surface area contributed by atoms with Gasteiger partial charge in [-0.15, -0.1) is 0 Å². The van der Waals surface area contributed by atoms with Gasteiger partial charge in [0.2, 0.25) is 0 Å². The van der Waals surface area contributed by atoms with E-state index < -0.39 is 17.2 Å². The van der Waals surface area contributed by atoms with E-state index in [4.69, 9.17) is 0 Å². The van der Waals surface area contributed by atoms with Crippen molar-refractivity contribution in [3.8, 4) is 0 Å². The van der Waals surface area contributed by atoms with Crippen LogP contribution in [0.2, 0.25) is 0 Å². The van der Waals surface area contributed by atoms with Crippen LogP contribution in [0.3, 0.4) is 0 Å². The average Bonchev–Trinajstić information content (AvgIpc) is 2.32. The van der Waals surface area contributed by atoms with Gasteiger partial charge in [-0.05, 0) is 34.7 Å². The zero-order valence-electron chi connectivity index (χ0n) is 8.71. The number of ether oxygens (including phenoxy) is 1. The Morgan fingerprint density at radius 3 is 2.82 bits per heavy atom. The zero-order chi connectivity index (χ0) is 12.6. The SMILES string of the molecule is COC(=O)c1cc(=O)c2c(F)c(I)ccc2[nH]1. The van der Waals surface area contributed by atoms with Gasteiger partial charge in [-0.1, -0.05) is 0 Å². The summed E-state index contributed by atoms with van der Waals surface area (Å²) in [7, 11) is 1.21. The third-order valence-corrected chi connectivity index (χ3v) is 3.12. The Morgan fingerprint density at radius 1 is 1.47 bits per heavy atom. The lowest BCUT2D eigenvalue weighted by Crippen LogP contribution is -2.12. The van der Waals surface area contributed by atoms with Crippen molar-refractivity contribution in [3.63, 3.8) is 0 Å². The minimum Gasteiger partial charge on any atom is -0.464 e. The average molecular weight is 347 g/mol. The number of aromatic nitrogens is 1. The third kappa shape index (κ3) is 2.04. The summed E-state index contributed by atoms with van der Waals surface area (Å²) in [6.45, 7) is 0. The molecular formula is C11H7FINO3. The molecule has 0 fully saturated rings. The van der Waals surface area contributed by atoms with E-state index >= 15 is 0 Å². The van der Waals surface area contributed by atoms with Crippen molar-refractivity contribution in [2.75, 3.05) is 7.11 Å². The van der Waals surface area contributed by atoms with Crippen LogP contribution in [0, 0.1) is 9.39 Å². The van der Waals surface area contributed by atoms with Gasteiger partial charge in [0, 0.05) is 9.64 Å². The normalized spacial score (nSPS) is 10.5. The van der Waals surface area contributed by atoms with Crippen LogP contribution in [-0.4, -0.2) is 18.1 Å². The van der Waals surface area contributed by atoms with Crippen LogP contribution in [-0.2, 0) is 4.74 Å². The van der Waals surface area contributed by atoms with E-state index in [0.717, 1.165) is 6.07 Å². The van der Waals surface area contributed by atoms with E-state index in [1.54, 1.807) is 28.7 Å². The molecule has 88 valence electrons. The molecule has 0 unspecified atom stereocenters. The number of H-pyrrole nitrogens is 1. The van der Waals surface area contributed by atoms with Gasteiger partial charge < -0.3 is 9.72 Å². The van der Waals surface area contributed by atoms with Crippen LogP contribution in [0.4, 0.5) is 4.39 Å². The molecule has 1 aromatic carbocycles. The molecule has 0 saturated heterocycles. The molecule has 0 saturated carbocycles. The lowest BCUT2D eigenvalue weighted by Gasteiger charge is -2.04. The summed E-state index contributed by atoms with van der Waals surface area (Å²) in [4.78, 5) is 25.7. The Hall–Kier alpha value is -1.44. The Morgan fingerprint density at radius 2 is 2.18 bits per heavy atom. The first-order valence-electron chi connectivity index (χ1n) is 4.64. The van der Waals surface area contributed by atoms with E-state index in [-0.39, 0.29) is 16.6 Å². The van der Waals surface area contributed by atoms with Crippen LogP contribution < -0.4 is 5.43 Å². The fraction of sp³-hybridized carbons (Fsp3) is 0.0909. The molecule has 1 aromatic heterocycles. The molecule has 2 aromatic rings. The van der Waals surface area contributed by atoms with Crippen molar-refractivity contribution >= 4 is 39.5 Å². The second-order valence-electron chi connectivity index (χ2n) is 3.32. The number of halogens is 2. The Balaban J connectivity index is 2.82. The van der Waals surface area contributed by atoms with Gasteiger partial charge in [-0.2, -0.15) is 0 Å². The molecule has 2 rings (SSSR count). The molecule has 4 nitrogen and oxygen atoms in total. The quantitative estimate of drug-likeness (QED) is 0.635. The van der Waals surface area contributed by atoms with Crippen LogP contribution in [0.1, 0.15) is 10.5 Å². The standard InChI is InChI=1S/C11H7FINO3/c1-17-11(16)7-4-8(15)9-6(14-7)3-2-5(13)10(9)12/h2-4H,1H3,(H,14,15). The maximum absolute atomic E-state index is 13.7. The Labute approximate surface area is 109 Å². The van der Waals surface area contributed by atoms with Gasteiger partial charge >= 0.3 is 5.97 Å². The summed E-state index contributed by atoms with van der Waals surface area (Å²) >= 11 is 1.80. The third-order valence-electron chi connectivity index (χ3n) is 2.29. The van der Waals surface area contributed by atoms with Crippen molar-refractivity contribution < 1.29 is 13.9 Å².